The van der Waals surface area contributed by atoms with E-state index in [4.69, 9.17) is 4.74 Å². The summed E-state index contributed by atoms with van der Waals surface area (Å²) in [5.74, 6) is 1.55. The van der Waals surface area contributed by atoms with Crippen LogP contribution in [0.1, 0.15) is 141 Å². The van der Waals surface area contributed by atoms with Crippen LogP contribution >= 0.6 is 0 Å². The maximum atomic E-state index is 5.86. The van der Waals surface area contributed by atoms with Crippen LogP contribution in [0.15, 0.2) is 36.7 Å². The quantitative estimate of drug-likeness (QED) is 0.144. The molecule has 3 heteroatoms. The highest BCUT2D eigenvalue weighted by Gasteiger charge is 2.03. The molecule has 0 aliphatic carbocycles. The van der Waals surface area contributed by atoms with E-state index in [1.54, 1.807) is 0 Å². The van der Waals surface area contributed by atoms with Gasteiger partial charge in [0, 0.05) is 5.56 Å². The number of hydrogen-bond donors (Lipinski definition) is 0. The first-order chi connectivity index (χ1) is 17.8. The van der Waals surface area contributed by atoms with Gasteiger partial charge in [0.1, 0.15) is 0 Å². The second-order valence-corrected chi connectivity index (χ2v) is 10.5. The van der Waals surface area contributed by atoms with Gasteiger partial charge in [0.2, 0.25) is 0 Å². The predicted molar refractivity (Wildman–Crippen MR) is 156 cm³/mol. The second-order valence-electron chi connectivity index (χ2n) is 10.5. The number of hydrogen-bond acceptors (Lipinski definition) is 3. The van der Waals surface area contributed by atoms with E-state index in [2.05, 4.69) is 48.1 Å². The van der Waals surface area contributed by atoms with Crippen molar-refractivity contribution in [1.29, 1.82) is 0 Å². The third-order valence-corrected chi connectivity index (χ3v) is 7.18. The molecule has 0 saturated heterocycles. The number of ether oxygens (including phenoxy) is 1. The number of aromatic nitrogens is 2. The summed E-state index contributed by atoms with van der Waals surface area (Å²) in [6.07, 6.45) is 30.6. The molecule has 1 aromatic carbocycles. The Balaban J connectivity index is 1.53. The van der Waals surface area contributed by atoms with Gasteiger partial charge in [0.15, 0.2) is 11.6 Å². The molecular formula is C33H54N2O. The highest BCUT2D eigenvalue weighted by molar-refractivity contribution is 5.55. The van der Waals surface area contributed by atoms with Gasteiger partial charge in [-0.25, -0.2) is 9.97 Å². The van der Waals surface area contributed by atoms with Crippen molar-refractivity contribution < 1.29 is 4.74 Å². The van der Waals surface area contributed by atoms with Crippen LogP contribution in [0.2, 0.25) is 0 Å². The van der Waals surface area contributed by atoms with Crippen molar-refractivity contribution in [2.24, 2.45) is 0 Å². The van der Waals surface area contributed by atoms with Gasteiger partial charge < -0.3 is 4.74 Å². The van der Waals surface area contributed by atoms with E-state index in [0.717, 1.165) is 30.2 Å². The SMILES string of the molecule is CCCCCCCCCCCCOc1cnc(-c2ccc(CCCCCCCCCCC)cc2)nc1. The van der Waals surface area contributed by atoms with Crippen molar-refractivity contribution in [3.8, 4) is 17.1 Å². The van der Waals surface area contributed by atoms with Crippen LogP contribution in [0.3, 0.4) is 0 Å². The third kappa shape index (κ3) is 14.6. The molecule has 0 radical (unpaired) electrons. The van der Waals surface area contributed by atoms with Crippen molar-refractivity contribution in [3.63, 3.8) is 0 Å². The predicted octanol–water partition coefficient (Wildman–Crippen LogP) is 10.5. The molecule has 0 fully saturated rings. The first-order valence-corrected chi connectivity index (χ1v) is 15.4. The fourth-order valence-electron chi connectivity index (χ4n) is 4.78. The zero-order valence-electron chi connectivity index (χ0n) is 23.6. The summed E-state index contributed by atoms with van der Waals surface area (Å²) < 4.78 is 5.86. The highest BCUT2D eigenvalue weighted by atomic mass is 16.5. The Kier molecular flexibility index (Phi) is 17.9. The van der Waals surface area contributed by atoms with Gasteiger partial charge in [-0.3, -0.25) is 0 Å². The Bertz CT molecular complexity index is 741. The van der Waals surface area contributed by atoms with Crippen molar-refractivity contribution >= 4 is 0 Å². The van der Waals surface area contributed by atoms with Crippen LogP contribution in [-0.2, 0) is 6.42 Å². The minimum absolute atomic E-state index is 0.757. The maximum Gasteiger partial charge on any atom is 0.159 e. The minimum Gasteiger partial charge on any atom is -0.490 e. The van der Waals surface area contributed by atoms with Gasteiger partial charge in [-0.15, -0.1) is 0 Å². The fraction of sp³-hybridized carbons (Fsp3) is 0.697. The van der Waals surface area contributed by atoms with Gasteiger partial charge in [-0.05, 0) is 24.8 Å². The van der Waals surface area contributed by atoms with Gasteiger partial charge in [-0.2, -0.15) is 0 Å². The highest BCUT2D eigenvalue weighted by Crippen LogP contribution is 2.19. The van der Waals surface area contributed by atoms with E-state index in [1.807, 2.05) is 12.4 Å². The van der Waals surface area contributed by atoms with Gasteiger partial charge in [-0.1, -0.05) is 147 Å². The summed E-state index contributed by atoms with van der Waals surface area (Å²) in [6, 6.07) is 8.78. The standard InChI is InChI=1S/C33H54N2O/c1-3-5-7-9-11-13-15-17-19-21-27-36-32-28-34-33(35-29-32)31-25-23-30(24-26-31)22-20-18-16-14-12-10-8-6-4-2/h23-26,28-29H,3-22,27H2,1-2H3. The first kappa shape index (κ1) is 30.3. The van der Waals surface area contributed by atoms with Crippen LogP contribution in [0.25, 0.3) is 11.4 Å². The lowest BCUT2D eigenvalue weighted by Gasteiger charge is -2.07. The molecule has 2 rings (SSSR count). The Morgan fingerprint density at radius 1 is 0.528 bits per heavy atom. The Hall–Kier alpha value is -1.90. The molecule has 0 aliphatic heterocycles. The van der Waals surface area contributed by atoms with E-state index < -0.39 is 0 Å². The molecule has 1 heterocycles. The molecule has 3 nitrogen and oxygen atoms in total. The number of nitrogens with zero attached hydrogens (tertiary/aromatic N) is 2. The minimum atomic E-state index is 0.757. The lowest BCUT2D eigenvalue weighted by molar-refractivity contribution is 0.302. The molecule has 0 unspecified atom stereocenters. The molecule has 36 heavy (non-hydrogen) atoms. The Morgan fingerprint density at radius 2 is 0.972 bits per heavy atom. The van der Waals surface area contributed by atoms with Crippen molar-refractivity contribution in [2.75, 3.05) is 6.61 Å². The lowest BCUT2D eigenvalue weighted by Crippen LogP contribution is -1.99. The fourth-order valence-corrected chi connectivity index (χ4v) is 4.78. The Labute approximate surface area is 222 Å². The lowest BCUT2D eigenvalue weighted by atomic mass is 10.0. The number of aryl methyl sites for hydroxylation is 1. The summed E-state index contributed by atoms with van der Waals surface area (Å²) in [5, 5.41) is 0. The van der Waals surface area contributed by atoms with E-state index in [0.29, 0.717) is 0 Å². The number of benzene rings is 1. The molecule has 0 saturated carbocycles. The monoisotopic (exact) mass is 494 g/mol. The van der Waals surface area contributed by atoms with Crippen LogP contribution in [0, 0.1) is 0 Å². The van der Waals surface area contributed by atoms with E-state index in [9.17, 15) is 0 Å². The van der Waals surface area contributed by atoms with Crippen LogP contribution < -0.4 is 4.74 Å². The average Bonchev–Trinajstić information content (AvgIpc) is 2.91. The number of rotatable bonds is 23. The van der Waals surface area contributed by atoms with Gasteiger partial charge >= 0.3 is 0 Å². The van der Waals surface area contributed by atoms with Crippen LogP contribution in [0.4, 0.5) is 0 Å². The summed E-state index contributed by atoms with van der Waals surface area (Å²) in [7, 11) is 0. The van der Waals surface area contributed by atoms with E-state index >= 15 is 0 Å². The zero-order chi connectivity index (χ0) is 25.5. The largest absolute Gasteiger partial charge is 0.490 e. The molecular weight excluding hydrogens is 440 g/mol. The summed E-state index contributed by atoms with van der Waals surface area (Å²) >= 11 is 0. The maximum absolute atomic E-state index is 5.86. The van der Waals surface area contributed by atoms with Crippen molar-refractivity contribution in [3.05, 3.63) is 42.2 Å². The molecule has 0 aliphatic rings. The van der Waals surface area contributed by atoms with Crippen LogP contribution in [-0.4, -0.2) is 16.6 Å². The van der Waals surface area contributed by atoms with E-state index in [1.165, 1.54) is 128 Å². The topological polar surface area (TPSA) is 35.0 Å². The molecule has 0 atom stereocenters. The summed E-state index contributed by atoms with van der Waals surface area (Å²) in [5.41, 5.74) is 2.49. The summed E-state index contributed by atoms with van der Waals surface area (Å²) in [6.45, 7) is 5.32. The van der Waals surface area contributed by atoms with Crippen molar-refractivity contribution in [2.45, 2.75) is 142 Å². The smallest absolute Gasteiger partial charge is 0.159 e. The van der Waals surface area contributed by atoms with Crippen molar-refractivity contribution in [1.82, 2.24) is 9.97 Å². The molecule has 1 aromatic heterocycles. The molecule has 0 amide bonds. The average molecular weight is 495 g/mol. The third-order valence-electron chi connectivity index (χ3n) is 7.18. The number of unbranched alkanes of at least 4 members (excludes halogenated alkanes) is 17. The zero-order valence-corrected chi connectivity index (χ0v) is 23.6. The Morgan fingerprint density at radius 3 is 1.47 bits per heavy atom. The van der Waals surface area contributed by atoms with Crippen LogP contribution in [0.5, 0.6) is 5.75 Å². The van der Waals surface area contributed by atoms with Gasteiger partial charge in [0.05, 0.1) is 19.0 Å². The first-order valence-electron chi connectivity index (χ1n) is 15.4. The molecule has 2 aromatic rings. The molecule has 0 N–H and O–H groups in total. The summed E-state index contributed by atoms with van der Waals surface area (Å²) in [4.78, 5) is 9.07. The second kappa shape index (κ2) is 21.2. The van der Waals surface area contributed by atoms with E-state index in [-0.39, 0.29) is 0 Å². The molecule has 0 spiro atoms. The molecule has 0 bridgehead atoms. The normalized spacial score (nSPS) is 11.2. The van der Waals surface area contributed by atoms with Gasteiger partial charge in [0.25, 0.3) is 0 Å². The molecule has 202 valence electrons.